The molecule has 150 valence electrons. The molecular formula is C20H20N4O5. The predicted molar refractivity (Wildman–Crippen MR) is 105 cm³/mol. The van der Waals surface area contributed by atoms with E-state index in [0.717, 1.165) is 5.56 Å². The molecule has 0 fully saturated rings. The topological polar surface area (TPSA) is 118 Å². The number of benzene rings is 1. The quantitative estimate of drug-likeness (QED) is 0.662. The van der Waals surface area contributed by atoms with Gasteiger partial charge in [0.2, 0.25) is 5.91 Å². The maximum atomic E-state index is 12.7. The number of furan rings is 1. The molecule has 1 aromatic carbocycles. The van der Waals surface area contributed by atoms with E-state index in [9.17, 15) is 14.4 Å². The third-order valence-corrected chi connectivity index (χ3v) is 4.10. The number of carbonyl (C=O) groups excluding carboxylic acids is 3. The van der Waals surface area contributed by atoms with E-state index in [0.29, 0.717) is 17.0 Å². The third-order valence-electron chi connectivity index (χ3n) is 4.10. The Morgan fingerprint density at radius 1 is 1.10 bits per heavy atom. The first kappa shape index (κ1) is 19.9. The van der Waals surface area contributed by atoms with Crippen LogP contribution in [0.1, 0.15) is 32.2 Å². The molecule has 0 spiro atoms. The zero-order valence-electron chi connectivity index (χ0n) is 16.2. The fourth-order valence-electron chi connectivity index (χ4n) is 2.60. The van der Waals surface area contributed by atoms with Crippen LogP contribution < -0.4 is 10.6 Å². The summed E-state index contributed by atoms with van der Waals surface area (Å²) in [4.78, 5) is 38.3. The summed E-state index contributed by atoms with van der Waals surface area (Å²) in [7, 11) is 1.51. The minimum Gasteiger partial charge on any atom is -0.459 e. The van der Waals surface area contributed by atoms with Gasteiger partial charge in [-0.3, -0.25) is 14.4 Å². The monoisotopic (exact) mass is 396 g/mol. The predicted octanol–water partition coefficient (Wildman–Crippen LogP) is 2.85. The lowest BCUT2D eigenvalue weighted by Gasteiger charge is -2.17. The number of aromatic nitrogens is 1. The normalized spacial score (nSPS) is 10.4. The Balaban J connectivity index is 1.66. The fourth-order valence-corrected chi connectivity index (χ4v) is 2.60. The summed E-state index contributed by atoms with van der Waals surface area (Å²) in [5.41, 5.74) is 1.59. The molecule has 0 unspecified atom stereocenters. The number of carbonyl (C=O) groups is 3. The zero-order valence-corrected chi connectivity index (χ0v) is 16.2. The average Bonchev–Trinajstić information content (AvgIpc) is 3.34. The number of likely N-dealkylation sites (N-methyl/N-ethyl adjacent to an activating group) is 1. The Morgan fingerprint density at radius 2 is 1.90 bits per heavy atom. The molecule has 29 heavy (non-hydrogen) atoms. The van der Waals surface area contributed by atoms with Crippen LogP contribution in [0.5, 0.6) is 0 Å². The van der Waals surface area contributed by atoms with Gasteiger partial charge in [0, 0.05) is 24.4 Å². The Hall–Kier alpha value is -3.88. The van der Waals surface area contributed by atoms with Gasteiger partial charge in [0.15, 0.2) is 11.6 Å². The van der Waals surface area contributed by atoms with Crippen molar-refractivity contribution in [3.63, 3.8) is 0 Å². The Labute approximate surface area is 166 Å². The summed E-state index contributed by atoms with van der Waals surface area (Å²) in [6.07, 6.45) is 1.40. The molecule has 3 amide bonds. The molecule has 0 radical (unpaired) electrons. The lowest BCUT2D eigenvalue weighted by Crippen LogP contribution is -2.35. The maximum Gasteiger partial charge on any atom is 0.291 e. The SMILES string of the molecule is Cc1cc(NC(=O)CN(C)C(=O)c2ccc(C)c(NC(=O)c3ccco3)c2)no1. The molecule has 0 bridgehead atoms. The Kier molecular flexibility index (Phi) is 5.77. The van der Waals surface area contributed by atoms with Crippen LogP contribution in [0.25, 0.3) is 0 Å². The van der Waals surface area contributed by atoms with E-state index < -0.39 is 11.8 Å². The maximum absolute atomic E-state index is 12.7. The van der Waals surface area contributed by atoms with Gasteiger partial charge in [-0.05, 0) is 43.7 Å². The first-order valence-corrected chi connectivity index (χ1v) is 8.77. The van der Waals surface area contributed by atoms with Crippen molar-refractivity contribution in [3.05, 3.63) is 65.3 Å². The second-order valence-electron chi connectivity index (χ2n) is 6.49. The summed E-state index contributed by atoms with van der Waals surface area (Å²) >= 11 is 0. The number of anilines is 2. The number of nitrogens with zero attached hydrogens (tertiary/aromatic N) is 2. The van der Waals surface area contributed by atoms with Gasteiger partial charge in [-0.25, -0.2) is 0 Å². The summed E-state index contributed by atoms with van der Waals surface area (Å²) in [5.74, 6) is -0.186. The largest absolute Gasteiger partial charge is 0.459 e. The van der Waals surface area contributed by atoms with E-state index in [1.165, 1.54) is 18.2 Å². The first-order chi connectivity index (χ1) is 13.8. The number of aryl methyl sites for hydroxylation is 2. The Bertz CT molecular complexity index is 1040. The first-order valence-electron chi connectivity index (χ1n) is 8.77. The number of rotatable bonds is 6. The molecular weight excluding hydrogens is 376 g/mol. The number of nitrogens with one attached hydrogen (secondary N) is 2. The van der Waals surface area contributed by atoms with Gasteiger partial charge < -0.3 is 24.5 Å². The van der Waals surface area contributed by atoms with Crippen LogP contribution >= 0.6 is 0 Å². The molecule has 9 nitrogen and oxygen atoms in total. The second kappa shape index (κ2) is 8.42. The number of amides is 3. The van der Waals surface area contributed by atoms with E-state index in [4.69, 9.17) is 8.94 Å². The second-order valence-corrected chi connectivity index (χ2v) is 6.49. The van der Waals surface area contributed by atoms with E-state index >= 15 is 0 Å². The lowest BCUT2D eigenvalue weighted by atomic mass is 10.1. The highest BCUT2D eigenvalue weighted by Gasteiger charge is 2.18. The van der Waals surface area contributed by atoms with Crippen LogP contribution in [0.3, 0.4) is 0 Å². The van der Waals surface area contributed by atoms with Crippen molar-refractivity contribution in [2.45, 2.75) is 13.8 Å². The summed E-state index contributed by atoms with van der Waals surface area (Å²) in [5, 5.41) is 8.96. The van der Waals surface area contributed by atoms with Crippen LogP contribution in [0.4, 0.5) is 11.5 Å². The average molecular weight is 396 g/mol. The van der Waals surface area contributed by atoms with Crippen molar-refractivity contribution in [2.24, 2.45) is 0 Å². The van der Waals surface area contributed by atoms with Gasteiger partial charge in [0.25, 0.3) is 11.8 Å². The molecule has 9 heteroatoms. The molecule has 0 atom stereocenters. The summed E-state index contributed by atoms with van der Waals surface area (Å²) in [6.45, 7) is 3.34. The van der Waals surface area contributed by atoms with Crippen molar-refractivity contribution in [1.82, 2.24) is 10.1 Å². The molecule has 0 aliphatic carbocycles. The van der Waals surface area contributed by atoms with Crippen LogP contribution in [-0.4, -0.2) is 41.4 Å². The standard InChI is InChI=1S/C20H20N4O5/c1-12-6-7-14(10-15(12)21-19(26)16-5-4-8-28-16)20(27)24(3)11-18(25)22-17-9-13(2)29-23-17/h4-10H,11H2,1-3H3,(H,21,26)(H,22,23,25). The van der Waals surface area contributed by atoms with Crippen LogP contribution in [0.2, 0.25) is 0 Å². The highest BCUT2D eigenvalue weighted by Crippen LogP contribution is 2.19. The third kappa shape index (κ3) is 4.89. The van der Waals surface area contributed by atoms with Gasteiger partial charge in [-0.2, -0.15) is 0 Å². The van der Waals surface area contributed by atoms with Crippen LogP contribution in [-0.2, 0) is 4.79 Å². The van der Waals surface area contributed by atoms with Crippen LogP contribution in [0, 0.1) is 13.8 Å². The molecule has 2 heterocycles. The molecule has 3 rings (SSSR count). The van der Waals surface area contributed by atoms with E-state index in [2.05, 4.69) is 15.8 Å². The fraction of sp³-hybridized carbons (Fsp3) is 0.200. The molecule has 2 N–H and O–H groups in total. The molecule has 0 aliphatic rings. The molecule has 3 aromatic rings. The lowest BCUT2D eigenvalue weighted by molar-refractivity contribution is -0.116. The van der Waals surface area contributed by atoms with Gasteiger partial charge in [-0.15, -0.1) is 0 Å². The van der Waals surface area contributed by atoms with E-state index in [1.807, 2.05) is 6.92 Å². The number of hydrogen-bond donors (Lipinski definition) is 2. The molecule has 0 saturated carbocycles. The molecule has 2 aromatic heterocycles. The minimum atomic E-state index is -0.418. The summed E-state index contributed by atoms with van der Waals surface area (Å²) < 4.78 is 9.96. The van der Waals surface area contributed by atoms with Gasteiger partial charge in [0.05, 0.1) is 12.8 Å². The smallest absolute Gasteiger partial charge is 0.291 e. The highest BCUT2D eigenvalue weighted by molar-refractivity contribution is 6.04. The van der Waals surface area contributed by atoms with Crippen LogP contribution in [0.15, 0.2) is 51.6 Å². The molecule has 0 aliphatic heterocycles. The van der Waals surface area contributed by atoms with Gasteiger partial charge in [-0.1, -0.05) is 11.2 Å². The van der Waals surface area contributed by atoms with Crippen molar-refractivity contribution in [1.29, 1.82) is 0 Å². The number of hydrogen-bond acceptors (Lipinski definition) is 6. The van der Waals surface area contributed by atoms with E-state index in [-0.39, 0.29) is 24.0 Å². The highest BCUT2D eigenvalue weighted by atomic mass is 16.5. The van der Waals surface area contributed by atoms with Crippen molar-refractivity contribution >= 4 is 29.2 Å². The molecule has 0 saturated heterocycles. The minimum absolute atomic E-state index is 0.165. The Morgan fingerprint density at radius 3 is 2.55 bits per heavy atom. The van der Waals surface area contributed by atoms with Crippen molar-refractivity contribution in [3.8, 4) is 0 Å². The van der Waals surface area contributed by atoms with Gasteiger partial charge in [0.1, 0.15) is 5.76 Å². The zero-order chi connectivity index (χ0) is 21.0. The van der Waals surface area contributed by atoms with Crippen molar-refractivity contribution in [2.75, 3.05) is 24.2 Å². The van der Waals surface area contributed by atoms with Gasteiger partial charge >= 0.3 is 0 Å². The van der Waals surface area contributed by atoms with Crippen molar-refractivity contribution < 1.29 is 23.3 Å². The summed E-state index contributed by atoms with van der Waals surface area (Å²) in [6, 6.07) is 9.65. The van der Waals surface area contributed by atoms with E-state index in [1.54, 1.807) is 43.3 Å².